The number of nitrogens with zero attached hydrogens (tertiary/aromatic N) is 1. The van der Waals surface area contributed by atoms with Crippen molar-refractivity contribution >= 4 is 11.9 Å². The third-order valence-electron chi connectivity index (χ3n) is 4.53. The smallest absolute Gasteiger partial charge is 0.309 e. The molecule has 0 aromatic carbocycles. The number of likely N-dealkylation sites (N-methyl/N-ethyl adjacent to an activating group) is 1. The summed E-state index contributed by atoms with van der Waals surface area (Å²) in [6.07, 6.45) is 11.2. The van der Waals surface area contributed by atoms with Crippen LogP contribution >= 0.6 is 0 Å². The summed E-state index contributed by atoms with van der Waals surface area (Å²) in [5.41, 5.74) is 0. The van der Waals surface area contributed by atoms with Crippen molar-refractivity contribution in [3.8, 4) is 0 Å². The Labute approximate surface area is 173 Å². The van der Waals surface area contributed by atoms with Gasteiger partial charge in [0.15, 0.2) is 6.10 Å². The van der Waals surface area contributed by atoms with Crippen LogP contribution < -0.4 is 0 Å². The van der Waals surface area contributed by atoms with Gasteiger partial charge in [-0.15, -0.1) is 0 Å². The molecule has 0 spiro atoms. The molecule has 5 heteroatoms. The van der Waals surface area contributed by atoms with E-state index in [2.05, 4.69) is 6.92 Å². The quantitative estimate of drug-likeness (QED) is 0.193. The highest BCUT2D eigenvalue weighted by Gasteiger charge is 2.25. The van der Waals surface area contributed by atoms with E-state index in [-0.39, 0.29) is 24.3 Å². The summed E-state index contributed by atoms with van der Waals surface area (Å²) in [7, 11) is 6.07. The van der Waals surface area contributed by atoms with Crippen molar-refractivity contribution in [1.29, 1.82) is 0 Å². The van der Waals surface area contributed by atoms with E-state index >= 15 is 0 Å². The Morgan fingerprint density at radius 1 is 0.786 bits per heavy atom. The molecule has 0 radical (unpaired) electrons. The Hall–Kier alpha value is -1.10. The van der Waals surface area contributed by atoms with E-state index in [0.29, 0.717) is 24.1 Å². The van der Waals surface area contributed by atoms with E-state index in [1.54, 1.807) is 0 Å². The molecule has 0 saturated carbocycles. The van der Waals surface area contributed by atoms with Crippen molar-refractivity contribution in [3.05, 3.63) is 0 Å². The third kappa shape index (κ3) is 18.3. The first kappa shape index (κ1) is 26.9. The lowest BCUT2D eigenvalue weighted by Gasteiger charge is -2.28. The van der Waals surface area contributed by atoms with Gasteiger partial charge in [-0.1, -0.05) is 72.1 Å². The second-order valence-corrected chi connectivity index (χ2v) is 9.44. The fourth-order valence-electron chi connectivity index (χ4n) is 3.17. The van der Waals surface area contributed by atoms with Gasteiger partial charge in [0.1, 0.15) is 6.54 Å². The maximum atomic E-state index is 12.2. The van der Waals surface area contributed by atoms with E-state index in [4.69, 9.17) is 9.47 Å². The number of carbonyl (C=O) groups excluding carboxylic acids is 2. The predicted octanol–water partition coefficient (Wildman–Crippen LogP) is 5.11. The minimum atomic E-state index is -0.429. The number of carbonyl (C=O) groups is 2. The lowest BCUT2D eigenvalue weighted by Crippen LogP contribution is -2.44. The molecule has 0 aliphatic heterocycles. The highest BCUT2D eigenvalue weighted by molar-refractivity contribution is 5.72. The van der Waals surface area contributed by atoms with Crippen LogP contribution in [0.3, 0.4) is 0 Å². The fourth-order valence-corrected chi connectivity index (χ4v) is 3.17. The average molecular weight is 401 g/mol. The molecule has 0 rings (SSSR count). The Balaban J connectivity index is 4.02. The van der Waals surface area contributed by atoms with E-state index in [1.807, 2.05) is 35.0 Å². The number of esters is 2. The van der Waals surface area contributed by atoms with Gasteiger partial charge >= 0.3 is 11.9 Å². The molecule has 0 N–H and O–H groups in total. The van der Waals surface area contributed by atoms with Crippen molar-refractivity contribution in [2.75, 3.05) is 34.3 Å². The molecule has 0 aliphatic carbocycles. The normalized spacial score (nSPS) is 12.8. The SMILES string of the molecule is CCCCCCCCCCCOC(=O)CC(C[N+](C)(C)C)OC(=O)CC(C)C. The first-order chi connectivity index (χ1) is 13.1. The molecule has 28 heavy (non-hydrogen) atoms. The van der Waals surface area contributed by atoms with Gasteiger partial charge in [0.25, 0.3) is 0 Å². The second-order valence-electron chi connectivity index (χ2n) is 9.44. The van der Waals surface area contributed by atoms with E-state index in [9.17, 15) is 9.59 Å². The minimum Gasteiger partial charge on any atom is -0.466 e. The van der Waals surface area contributed by atoms with Gasteiger partial charge in [-0.25, -0.2) is 0 Å². The monoisotopic (exact) mass is 400 g/mol. The molecule has 0 aromatic heterocycles. The average Bonchev–Trinajstić information content (AvgIpc) is 2.54. The van der Waals surface area contributed by atoms with Crippen LogP contribution in [0.4, 0.5) is 0 Å². The topological polar surface area (TPSA) is 52.6 Å². The van der Waals surface area contributed by atoms with Crippen LogP contribution in [0.1, 0.15) is 91.4 Å². The van der Waals surface area contributed by atoms with E-state index in [0.717, 1.165) is 12.8 Å². The van der Waals surface area contributed by atoms with Gasteiger partial charge in [0.2, 0.25) is 0 Å². The van der Waals surface area contributed by atoms with E-state index < -0.39 is 6.10 Å². The summed E-state index contributed by atoms with van der Waals surface area (Å²) in [6, 6.07) is 0. The summed E-state index contributed by atoms with van der Waals surface area (Å²) < 4.78 is 11.6. The summed E-state index contributed by atoms with van der Waals surface area (Å²) in [4.78, 5) is 24.2. The first-order valence-electron chi connectivity index (χ1n) is 11.3. The number of quaternary nitrogens is 1. The first-order valence-corrected chi connectivity index (χ1v) is 11.3. The van der Waals surface area contributed by atoms with Crippen LogP contribution in [0.2, 0.25) is 0 Å². The van der Waals surface area contributed by atoms with Crippen LogP contribution in [0.25, 0.3) is 0 Å². The largest absolute Gasteiger partial charge is 0.466 e. The van der Waals surface area contributed by atoms with E-state index in [1.165, 1.54) is 44.9 Å². The molecule has 0 heterocycles. The zero-order valence-electron chi connectivity index (χ0n) is 19.4. The highest BCUT2D eigenvalue weighted by Crippen LogP contribution is 2.12. The molecular formula is C23H46NO4+. The molecule has 1 unspecified atom stereocenters. The Morgan fingerprint density at radius 2 is 1.32 bits per heavy atom. The van der Waals surface area contributed by atoms with Gasteiger partial charge in [-0.3, -0.25) is 9.59 Å². The van der Waals surface area contributed by atoms with Crippen LogP contribution in [-0.4, -0.2) is 56.8 Å². The number of rotatable bonds is 17. The molecule has 0 aromatic rings. The predicted molar refractivity (Wildman–Crippen MR) is 115 cm³/mol. The number of hydrogen-bond donors (Lipinski definition) is 0. The molecule has 166 valence electrons. The second kappa shape index (κ2) is 15.8. The number of unbranched alkanes of at least 4 members (excludes halogenated alkanes) is 8. The van der Waals surface area contributed by atoms with Crippen molar-refractivity contribution in [3.63, 3.8) is 0 Å². The van der Waals surface area contributed by atoms with Gasteiger partial charge in [0, 0.05) is 6.42 Å². The van der Waals surface area contributed by atoms with Crippen molar-refractivity contribution in [2.45, 2.75) is 97.5 Å². The fraction of sp³-hybridized carbons (Fsp3) is 0.913. The molecular weight excluding hydrogens is 354 g/mol. The van der Waals surface area contributed by atoms with Crippen molar-refractivity contribution in [2.24, 2.45) is 5.92 Å². The standard InChI is InChI=1S/C23H46NO4/c1-7-8-9-10-11-12-13-14-15-16-27-22(25)18-21(19-24(4,5)6)28-23(26)17-20(2)3/h20-21H,7-19H2,1-6H3/q+1. The summed E-state index contributed by atoms with van der Waals surface area (Å²) >= 11 is 0. The lowest BCUT2D eigenvalue weighted by atomic mass is 10.1. The van der Waals surface area contributed by atoms with Crippen molar-refractivity contribution in [1.82, 2.24) is 0 Å². The maximum Gasteiger partial charge on any atom is 0.309 e. The van der Waals surface area contributed by atoms with Gasteiger partial charge < -0.3 is 14.0 Å². The van der Waals surface area contributed by atoms with Gasteiger partial charge in [-0.2, -0.15) is 0 Å². The molecule has 0 aliphatic rings. The molecule has 5 nitrogen and oxygen atoms in total. The molecule has 0 bridgehead atoms. The zero-order valence-corrected chi connectivity index (χ0v) is 19.4. The Bertz CT molecular complexity index is 415. The maximum absolute atomic E-state index is 12.2. The van der Waals surface area contributed by atoms with Crippen LogP contribution in [-0.2, 0) is 19.1 Å². The van der Waals surface area contributed by atoms with Crippen LogP contribution in [0.15, 0.2) is 0 Å². The van der Waals surface area contributed by atoms with Crippen LogP contribution in [0.5, 0.6) is 0 Å². The lowest BCUT2D eigenvalue weighted by molar-refractivity contribution is -0.873. The summed E-state index contributed by atoms with van der Waals surface area (Å²) in [6.45, 7) is 7.26. The molecule has 0 amide bonds. The zero-order chi connectivity index (χ0) is 21.4. The molecule has 1 atom stereocenters. The summed E-state index contributed by atoms with van der Waals surface area (Å²) in [5, 5.41) is 0. The summed E-state index contributed by atoms with van der Waals surface area (Å²) in [5.74, 6) is -0.258. The molecule has 0 saturated heterocycles. The third-order valence-corrected chi connectivity index (χ3v) is 4.53. The minimum absolute atomic E-state index is 0.136. The number of hydrogen-bond acceptors (Lipinski definition) is 4. The Kier molecular flexibility index (Phi) is 15.2. The van der Waals surface area contributed by atoms with Gasteiger partial charge in [0.05, 0.1) is 34.2 Å². The van der Waals surface area contributed by atoms with Crippen molar-refractivity contribution < 1.29 is 23.5 Å². The number of ether oxygens (including phenoxy) is 2. The highest BCUT2D eigenvalue weighted by atomic mass is 16.6. The Morgan fingerprint density at radius 3 is 1.82 bits per heavy atom. The molecule has 0 fully saturated rings. The van der Waals surface area contributed by atoms with Gasteiger partial charge in [-0.05, 0) is 12.3 Å². The van der Waals surface area contributed by atoms with Crippen LogP contribution in [0, 0.1) is 5.92 Å².